The van der Waals surface area contributed by atoms with Crippen LogP contribution < -0.4 is 22.9 Å². The molecule has 2 aromatic carbocycles. The summed E-state index contributed by atoms with van der Waals surface area (Å²) in [6.45, 7) is 21.1. The SMILES string of the molecule is C.C.C=CC(=O)N1CC(n2nc(Br)c(C(N)=O)c2N)C1.C=CC(=O)N1CC(n2nc(C#Cc3cc4ncn(CC)c4cc3Cl)c(C(N)=O)c2N)C1.CCn1cnc2cc(C#C[Si](C)(C)C)c(Cl)cc21. The van der Waals surface area contributed by atoms with Crippen LogP contribution >= 0.6 is 39.1 Å². The number of nitrogens with zero attached hydrogens (tertiary/aromatic N) is 10. The minimum Gasteiger partial charge on any atom is -0.383 e. The average Bonchev–Trinajstić information content (AvgIpc) is 4.00. The van der Waals surface area contributed by atoms with Gasteiger partial charge in [-0.15, -0.1) is 5.54 Å². The lowest BCUT2D eigenvalue weighted by molar-refractivity contribution is -0.132. The number of nitrogens with two attached hydrogens (primary N) is 4. The van der Waals surface area contributed by atoms with Crippen molar-refractivity contribution in [1.82, 2.24) is 48.5 Å². The Kier molecular flexibility index (Phi) is 17.9. The van der Waals surface area contributed by atoms with Gasteiger partial charge in [0.15, 0.2) is 5.69 Å². The van der Waals surface area contributed by atoms with E-state index in [1.54, 1.807) is 28.3 Å². The highest BCUT2D eigenvalue weighted by atomic mass is 79.9. The fraction of sp³-hybridized carbons (Fsp3) is 0.319. The molecule has 4 amide bonds. The van der Waals surface area contributed by atoms with Gasteiger partial charge < -0.3 is 41.9 Å². The number of amides is 4. The lowest BCUT2D eigenvalue weighted by atomic mass is 10.1. The van der Waals surface area contributed by atoms with Gasteiger partial charge in [-0.3, -0.25) is 19.2 Å². The number of hydrogen-bond acceptors (Lipinski definition) is 10. The summed E-state index contributed by atoms with van der Waals surface area (Å²) in [5.74, 6) is 7.68. The minimum absolute atomic E-state index is 0. The van der Waals surface area contributed by atoms with Crippen LogP contribution in [0.5, 0.6) is 0 Å². The Balaban J connectivity index is 0.000000236. The fourth-order valence-corrected chi connectivity index (χ4v) is 8.54. The molecule has 18 nitrogen and oxygen atoms in total. The fourth-order valence-electron chi connectivity index (χ4n) is 7.05. The number of anilines is 2. The van der Waals surface area contributed by atoms with Crippen molar-refractivity contribution in [2.75, 3.05) is 37.6 Å². The van der Waals surface area contributed by atoms with Crippen molar-refractivity contribution >= 4 is 105 Å². The van der Waals surface area contributed by atoms with Gasteiger partial charge in [-0.25, -0.2) is 19.3 Å². The lowest BCUT2D eigenvalue weighted by Crippen LogP contribution is -2.50. The van der Waals surface area contributed by atoms with E-state index in [9.17, 15) is 19.2 Å². The predicted octanol–water partition coefficient (Wildman–Crippen LogP) is 6.66. The highest BCUT2D eigenvalue weighted by Gasteiger charge is 2.35. The van der Waals surface area contributed by atoms with Gasteiger partial charge in [0, 0.05) is 50.4 Å². The van der Waals surface area contributed by atoms with Gasteiger partial charge in [0.1, 0.15) is 35.4 Å². The molecule has 0 aliphatic carbocycles. The summed E-state index contributed by atoms with van der Waals surface area (Å²) in [4.78, 5) is 58.1. The van der Waals surface area contributed by atoms with Gasteiger partial charge in [0.2, 0.25) is 11.8 Å². The topological polar surface area (TPSA) is 250 Å². The lowest BCUT2D eigenvalue weighted by Gasteiger charge is -2.38. The van der Waals surface area contributed by atoms with Crippen LogP contribution in [-0.4, -0.2) is 106 Å². The zero-order chi connectivity index (χ0) is 49.1. The number of nitrogen functional groups attached to an aromatic ring is 2. The van der Waals surface area contributed by atoms with Crippen LogP contribution in [0.1, 0.15) is 78.3 Å². The Morgan fingerprint density at radius 3 is 1.54 bits per heavy atom. The summed E-state index contributed by atoms with van der Waals surface area (Å²) >= 11 is 15.8. The van der Waals surface area contributed by atoms with Gasteiger partial charge in [-0.05, 0) is 72.1 Å². The van der Waals surface area contributed by atoms with Crippen LogP contribution in [0.15, 0.2) is 66.8 Å². The Labute approximate surface area is 420 Å². The minimum atomic E-state index is -1.38. The number of hydrogen-bond donors (Lipinski definition) is 4. The van der Waals surface area contributed by atoms with Crippen LogP contribution in [0.25, 0.3) is 22.1 Å². The average molecular weight is 1060 g/mol. The molecule has 2 saturated heterocycles. The third-order valence-corrected chi connectivity index (χ3v) is 12.8. The molecular formula is C47H57BrCl2N14O4Si. The third kappa shape index (κ3) is 11.9. The Morgan fingerprint density at radius 1 is 0.725 bits per heavy atom. The number of primary amides is 2. The smallest absolute Gasteiger partial charge is 0.255 e. The number of benzene rings is 2. The first-order valence-corrected chi connectivity index (χ1v) is 25.9. The van der Waals surface area contributed by atoms with E-state index >= 15 is 0 Å². The van der Waals surface area contributed by atoms with Crippen LogP contribution in [0.2, 0.25) is 29.7 Å². The van der Waals surface area contributed by atoms with Crippen molar-refractivity contribution in [1.29, 1.82) is 0 Å². The van der Waals surface area contributed by atoms with Crippen LogP contribution in [-0.2, 0) is 22.7 Å². The number of rotatable bonds is 8. The van der Waals surface area contributed by atoms with Crippen molar-refractivity contribution in [2.24, 2.45) is 11.5 Å². The van der Waals surface area contributed by atoms with E-state index in [1.165, 1.54) is 21.5 Å². The Morgan fingerprint density at radius 2 is 1.14 bits per heavy atom. The summed E-state index contributed by atoms with van der Waals surface area (Å²) in [5, 5.41) is 9.67. The van der Waals surface area contributed by atoms with Crippen molar-refractivity contribution in [3.63, 3.8) is 0 Å². The van der Waals surface area contributed by atoms with Crippen LogP contribution in [0.4, 0.5) is 11.6 Å². The highest BCUT2D eigenvalue weighted by molar-refractivity contribution is 9.10. The molecule has 364 valence electrons. The number of likely N-dealkylation sites (tertiary alicyclic amines) is 2. The summed E-state index contributed by atoms with van der Waals surface area (Å²) in [7, 11) is -1.38. The molecular weight excluding hydrogens is 1000 g/mol. The van der Waals surface area contributed by atoms with E-state index in [0.717, 1.165) is 40.7 Å². The number of aryl methyl sites for hydroxylation is 2. The number of carbonyl (C=O) groups excluding carboxylic acids is 4. The van der Waals surface area contributed by atoms with Crippen molar-refractivity contribution in [3.8, 4) is 23.3 Å². The molecule has 2 aliphatic heterocycles. The quantitative estimate of drug-likeness (QED) is 0.0717. The second-order valence-corrected chi connectivity index (χ2v) is 22.7. The second kappa shape index (κ2) is 22.5. The predicted molar refractivity (Wildman–Crippen MR) is 280 cm³/mol. The maximum absolute atomic E-state index is 12.0. The van der Waals surface area contributed by atoms with E-state index in [1.807, 2.05) is 30.0 Å². The number of imidazole rings is 2. The van der Waals surface area contributed by atoms with E-state index in [2.05, 4.69) is 104 Å². The third-order valence-electron chi connectivity index (χ3n) is 10.7. The van der Waals surface area contributed by atoms with Crippen LogP contribution in [0, 0.1) is 23.3 Å². The highest BCUT2D eigenvalue weighted by Crippen LogP contribution is 2.31. The van der Waals surface area contributed by atoms with Gasteiger partial charge in [-0.2, -0.15) is 10.2 Å². The zero-order valence-corrected chi connectivity index (χ0v) is 41.6. The molecule has 0 saturated carbocycles. The van der Waals surface area contributed by atoms with Crippen molar-refractivity contribution in [3.05, 3.63) is 105 Å². The molecule has 0 radical (unpaired) electrons. The Bertz CT molecular complexity index is 3100. The van der Waals surface area contributed by atoms with Crippen molar-refractivity contribution in [2.45, 2.75) is 73.5 Å². The normalized spacial score (nSPS) is 13.0. The van der Waals surface area contributed by atoms with Gasteiger partial charge in [0.05, 0.1) is 56.9 Å². The molecule has 2 fully saturated rings. The largest absolute Gasteiger partial charge is 0.383 e. The molecule has 0 unspecified atom stereocenters. The molecule has 8 rings (SSSR count). The first-order valence-electron chi connectivity index (χ1n) is 20.9. The molecule has 8 N–H and O–H groups in total. The second-order valence-electron chi connectivity index (χ2n) is 16.4. The monoisotopic (exact) mass is 1060 g/mol. The summed E-state index contributed by atoms with van der Waals surface area (Å²) < 4.78 is 7.38. The summed E-state index contributed by atoms with van der Waals surface area (Å²) in [6, 6.07) is 7.32. The van der Waals surface area contributed by atoms with Gasteiger partial charge in [-0.1, -0.05) is 82.7 Å². The molecule has 22 heteroatoms. The summed E-state index contributed by atoms with van der Waals surface area (Å²) in [5.41, 5.74) is 31.5. The van der Waals surface area contributed by atoms with E-state index in [4.69, 9.17) is 46.1 Å². The zero-order valence-electron chi connectivity index (χ0n) is 37.5. The molecule has 0 bridgehead atoms. The summed E-state index contributed by atoms with van der Waals surface area (Å²) in [6.07, 6.45) is 6.09. The first kappa shape index (κ1) is 54.8. The molecule has 0 spiro atoms. The van der Waals surface area contributed by atoms with Gasteiger partial charge >= 0.3 is 0 Å². The van der Waals surface area contributed by atoms with Gasteiger partial charge in [0.25, 0.3) is 11.8 Å². The standard InChI is InChI=1S/C21H20ClN7O2.C14H17ClN2Si.C10H12BrN5O2.2CH4/c1-3-18(30)28-9-13(10-28)29-20(23)19(21(24)31)15(26-29)6-5-12-7-16-17(8-14(12)22)27(4-2)11-25-16;1-5-17-10-16-13-8-11(6-7-18(2,3)4)12(15)9-14(13)17;1-2-6(17)15-3-5(4-15)16-9(12)7(10(13)18)8(11)14-16;;/h3,7-8,11,13H,1,4,9-10,23H2,2H3,(H2,24,31);8-10H,5H2,1-4H3;2,5H,1,3-4,12H2,(H2,13,18);2*1H4. The number of fused-ring (bicyclic) bond motifs is 2. The van der Waals surface area contributed by atoms with E-state index in [0.29, 0.717) is 46.4 Å². The Hall–Kier alpha value is -6.84. The number of aromatic nitrogens is 8. The molecule has 4 aromatic heterocycles. The first-order chi connectivity index (χ1) is 31.7. The molecule has 0 atom stereocenters. The van der Waals surface area contributed by atoms with E-state index in [-0.39, 0.29) is 67.2 Å². The molecule has 6 aromatic rings. The van der Waals surface area contributed by atoms with Crippen LogP contribution in [0.3, 0.4) is 0 Å². The molecule has 69 heavy (non-hydrogen) atoms. The number of halogens is 3. The van der Waals surface area contributed by atoms with E-state index < -0.39 is 19.9 Å². The number of carbonyl (C=O) groups is 4. The molecule has 6 heterocycles. The maximum atomic E-state index is 12.0. The molecule has 2 aliphatic rings. The maximum Gasteiger partial charge on any atom is 0.255 e. The van der Waals surface area contributed by atoms with Crippen molar-refractivity contribution < 1.29 is 19.2 Å².